The van der Waals surface area contributed by atoms with Gasteiger partial charge in [0, 0.05) is 31.2 Å². The van der Waals surface area contributed by atoms with E-state index in [-0.39, 0.29) is 5.03 Å². The van der Waals surface area contributed by atoms with E-state index < -0.39 is 10.0 Å². The molecule has 0 bridgehead atoms. The standard InChI is InChI=1S/C10H18BrN3O2S/c1-3-13-8-10(12-9-13)17(15,16)14(4-2)7-5-6-11/h8-9H,3-7H2,1-2H3. The number of nitrogens with zero attached hydrogens (tertiary/aromatic N) is 3. The van der Waals surface area contributed by atoms with Crippen LogP contribution in [0, 0.1) is 0 Å². The fourth-order valence-electron chi connectivity index (χ4n) is 1.46. The quantitative estimate of drug-likeness (QED) is 0.718. The molecule has 0 aromatic carbocycles. The molecule has 1 aromatic rings. The highest BCUT2D eigenvalue weighted by atomic mass is 79.9. The van der Waals surface area contributed by atoms with Gasteiger partial charge in [-0.3, -0.25) is 0 Å². The first-order chi connectivity index (χ1) is 8.06. The van der Waals surface area contributed by atoms with Gasteiger partial charge in [-0.1, -0.05) is 22.9 Å². The van der Waals surface area contributed by atoms with Crippen molar-refractivity contribution in [2.24, 2.45) is 0 Å². The Morgan fingerprint density at radius 2 is 2.18 bits per heavy atom. The number of aromatic nitrogens is 2. The fourth-order valence-corrected chi connectivity index (χ4v) is 3.14. The molecule has 0 unspecified atom stereocenters. The summed E-state index contributed by atoms with van der Waals surface area (Å²) in [4.78, 5) is 3.96. The first-order valence-corrected chi connectivity index (χ1v) is 8.20. The lowest BCUT2D eigenvalue weighted by atomic mass is 10.5. The van der Waals surface area contributed by atoms with Crippen LogP contribution in [0.1, 0.15) is 20.3 Å². The predicted octanol–water partition coefficient (Wildman–Crippen LogP) is 1.70. The van der Waals surface area contributed by atoms with Crippen molar-refractivity contribution in [1.82, 2.24) is 13.9 Å². The summed E-state index contributed by atoms with van der Waals surface area (Å²) >= 11 is 3.30. The zero-order valence-electron chi connectivity index (χ0n) is 10.1. The second-order valence-electron chi connectivity index (χ2n) is 3.58. The van der Waals surface area contributed by atoms with Gasteiger partial charge in [0.05, 0.1) is 6.33 Å². The Morgan fingerprint density at radius 3 is 2.65 bits per heavy atom. The van der Waals surface area contributed by atoms with E-state index in [1.807, 2.05) is 13.8 Å². The Morgan fingerprint density at radius 1 is 1.47 bits per heavy atom. The van der Waals surface area contributed by atoms with Crippen LogP contribution >= 0.6 is 15.9 Å². The second kappa shape index (κ2) is 6.51. The number of imidazole rings is 1. The summed E-state index contributed by atoms with van der Waals surface area (Å²) < 4.78 is 27.7. The van der Waals surface area contributed by atoms with Crippen LogP contribution in [-0.4, -0.2) is 40.7 Å². The lowest BCUT2D eigenvalue weighted by Crippen LogP contribution is -2.32. The topological polar surface area (TPSA) is 55.2 Å². The van der Waals surface area contributed by atoms with Crippen LogP contribution in [0.25, 0.3) is 0 Å². The number of sulfonamides is 1. The molecule has 0 N–H and O–H groups in total. The van der Waals surface area contributed by atoms with Crippen LogP contribution in [0.5, 0.6) is 0 Å². The van der Waals surface area contributed by atoms with Crippen LogP contribution in [0.15, 0.2) is 17.6 Å². The highest BCUT2D eigenvalue weighted by Gasteiger charge is 2.24. The van der Waals surface area contributed by atoms with E-state index in [2.05, 4.69) is 20.9 Å². The van der Waals surface area contributed by atoms with E-state index in [4.69, 9.17) is 0 Å². The summed E-state index contributed by atoms with van der Waals surface area (Å²) in [6, 6.07) is 0. The molecule has 0 amide bonds. The van der Waals surface area contributed by atoms with Crippen molar-refractivity contribution >= 4 is 26.0 Å². The van der Waals surface area contributed by atoms with E-state index in [1.165, 1.54) is 4.31 Å². The van der Waals surface area contributed by atoms with Crippen LogP contribution in [-0.2, 0) is 16.6 Å². The van der Waals surface area contributed by atoms with Crippen molar-refractivity contribution in [1.29, 1.82) is 0 Å². The highest BCUT2D eigenvalue weighted by molar-refractivity contribution is 9.09. The predicted molar refractivity (Wildman–Crippen MR) is 70.7 cm³/mol. The van der Waals surface area contributed by atoms with Crippen LogP contribution in [0.2, 0.25) is 0 Å². The van der Waals surface area contributed by atoms with Crippen LogP contribution in [0.3, 0.4) is 0 Å². The van der Waals surface area contributed by atoms with E-state index in [0.29, 0.717) is 13.1 Å². The Hall–Kier alpha value is -0.400. The third kappa shape index (κ3) is 3.53. The average Bonchev–Trinajstić information content (AvgIpc) is 2.79. The van der Waals surface area contributed by atoms with E-state index >= 15 is 0 Å². The fraction of sp³-hybridized carbons (Fsp3) is 0.700. The molecule has 17 heavy (non-hydrogen) atoms. The molecule has 0 saturated heterocycles. The Kier molecular flexibility index (Phi) is 5.61. The molecule has 0 aliphatic rings. The minimum atomic E-state index is -3.43. The number of halogens is 1. The molecule has 0 atom stereocenters. The Bertz CT molecular complexity index is 444. The number of hydrogen-bond donors (Lipinski definition) is 0. The van der Waals surface area contributed by atoms with Crippen molar-refractivity contribution in [2.75, 3.05) is 18.4 Å². The van der Waals surface area contributed by atoms with E-state index in [1.54, 1.807) is 17.1 Å². The molecule has 1 aromatic heterocycles. The number of hydrogen-bond acceptors (Lipinski definition) is 3. The van der Waals surface area contributed by atoms with E-state index in [9.17, 15) is 8.42 Å². The van der Waals surface area contributed by atoms with Gasteiger partial charge in [0.25, 0.3) is 10.0 Å². The molecule has 98 valence electrons. The summed E-state index contributed by atoms with van der Waals surface area (Å²) in [5, 5.41) is 0.929. The van der Waals surface area contributed by atoms with Gasteiger partial charge in [-0.25, -0.2) is 13.4 Å². The zero-order valence-corrected chi connectivity index (χ0v) is 12.5. The maximum absolute atomic E-state index is 12.2. The molecular weight excluding hydrogens is 306 g/mol. The second-order valence-corrected chi connectivity index (χ2v) is 6.26. The Labute approximate surface area is 111 Å². The van der Waals surface area contributed by atoms with Gasteiger partial charge < -0.3 is 4.57 Å². The first-order valence-electron chi connectivity index (χ1n) is 5.64. The smallest absolute Gasteiger partial charge is 0.262 e. The van der Waals surface area contributed by atoms with Crippen LogP contribution < -0.4 is 0 Å². The number of alkyl halides is 1. The number of rotatable bonds is 7. The molecule has 0 fully saturated rings. The van der Waals surface area contributed by atoms with Crippen molar-refractivity contribution in [3.05, 3.63) is 12.5 Å². The normalized spacial score (nSPS) is 12.2. The van der Waals surface area contributed by atoms with Gasteiger partial charge in [-0.05, 0) is 13.3 Å². The van der Waals surface area contributed by atoms with Crippen molar-refractivity contribution in [3.63, 3.8) is 0 Å². The monoisotopic (exact) mass is 323 g/mol. The molecule has 1 rings (SSSR count). The van der Waals surface area contributed by atoms with Gasteiger partial charge >= 0.3 is 0 Å². The molecule has 0 radical (unpaired) electrons. The lowest BCUT2D eigenvalue weighted by Gasteiger charge is -2.18. The maximum atomic E-state index is 12.2. The molecule has 0 aliphatic heterocycles. The van der Waals surface area contributed by atoms with Gasteiger partial charge in [0.2, 0.25) is 0 Å². The first kappa shape index (κ1) is 14.7. The maximum Gasteiger partial charge on any atom is 0.262 e. The van der Waals surface area contributed by atoms with Gasteiger partial charge in [0.15, 0.2) is 5.03 Å². The van der Waals surface area contributed by atoms with Gasteiger partial charge in [-0.2, -0.15) is 4.31 Å². The van der Waals surface area contributed by atoms with Crippen molar-refractivity contribution < 1.29 is 8.42 Å². The summed E-state index contributed by atoms with van der Waals surface area (Å²) in [6.07, 6.45) is 3.92. The summed E-state index contributed by atoms with van der Waals surface area (Å²) in [6.45, 7) is 5.48. The van der Waals surface area contributed by atoms with Gasteiger partial charge in [-0.15, -0.1) is 0 Å². The minimum Gasteiger partial charge on any atom is -0.336 e. The molecule has 0 aliphatic carbocycles. The third-order valence-electron chi connectivity index (χ3n) is 2.47. The third-order valence-corrected chi connectivity index (χ3v) is 4.89. The highest BCUT2D eigenvalue weighted by Crippen LogP contribution is 2.13. The summed E-state index contributed by atoms with van der Waals surface area (Å²) in [5.41, 5.74) is 0. The molecule has 7 heteroatoms. The molecule has 0 spiro atoms. The molecule has 1 heterocycles. The Balaban J connectivity index is 2.91. The van der Waals surface area contributed by atoms with Crippen molar-refractivity contribution in [2.45, 2.75) is 31.8 Å². The minimum absolute atomic E-state index is 0.135. The van der Waals surface area contributed by atoms with E-state index in [0.717, 1.165) is 18.3 Å². The summed E-state index contributed by atoms with van der Waals surface area (Å²) in [7, 11) is -3.43. The van der Waals surface area contributed by atoms with Crippen LogP contribution in [0.4, 0.5) is 0 Å². The van der Waals surface area contributed by atoms with Crippen molar-refractivity contribution in [3.8, 4) is 0 Å². The largest absolute Gasteiger partial charge is 0.336 e. The average molecular weight is 324 g/mol. The summed E-state index contributed by atoms with van der Waals surface area (Å²) in [5.74, 6) is 0. The number of aryl methyl sites for hydroxylation is 1. The SMILES string of the molecule is CCN(CCCBr)S(=O)(=O)c1cn(CC)cn1. The molecule has 5 nitrogen and oxygen atoms in total. The molecule has 0 saturated carbocycles. The zero-order chi connectivity index (χ0) is 12.9. The molecular formula is C10H18BrN3O2S. The van der Waals surface area contributed by atoms with Gasteiger partial charge in [0.1, 0.15) is 0 Å². The lowest BCUT2D eigenvalue weighted by molar-refractivity contribution is 0.426.